The summed E-state index contributed by atoms with van der Waals surface area (Å²) in [6.07, 6.45) is 3.13. The van der Waals surface area contributed by atoms with E-state index < -0.39 is 5.91 Å². The first-order chi connectivity index (χ1) is 17.0. The second-order valence-corrected chi connectivity index (χ2v) is 8.46. The summed E-state index contributed by atoms with van der Waals surface area (Å²) in [4.78, 5) is 36.8. The molecule has 172 valence electrons. The maximum Gasteiger partial charge on any atom is 0.258 e. The summed E-state index contributed by atoms with van der Waals surface area (Å²) in [7, 11) is 0. The number of nitrogens with one attached hydrogen (secondary N) is 3. The number of carbonyl (C=O) groups excluding carboxylic acids is 2. The van der Waals surface area contributed by atoms with Gasteiger partial charge in [-0.2, -0.15) is 0 Å². The Morgan fingerprint density at radius 1 is 0.800 bits per heavy atom. The molecule has 0 fully saturated rings. The van der Waals surface area contributed by atoms with Gasteiger partial charge in [-0.3, -0.25) is 14.6 Å². The lowest BCUT2D eigenvalue weighted by atomic mass is 10.2. The van der Waals surface area contributed by atoms with Crippen molar-refractivity contribution < 1.29 is 9.59 Å². The molecule has 9 heteroatoms. The van der Waals surface area contributed by atoms with Crippen molar-refractivity contribution in [3.8, 4) is 11.4 Å². The zero-order valence-corrected chi connectivity index (χ0v) is 19.6. The molecule has 0 unspecified atom stereocenters. The van der Waals surface area contributed by atoms with E-state index in [1.165, 1.54) is 6.20 Å². The summed E-state index contributed by atoms with van der Waals surface area (Å²) in [6.45, 7) is 0. The minimum Gasteiger partial charge on any atom is -0.338 e. The van der Waals surface area contributed by atoms with Crippen molar-refractivity contribution in [3.63, 3.8) is 0 Å². The van der Waals surface area contributed by atoms with Crippen molar-refractivity contribution in [2.75, 3.05) is 10.6 Å². The van der Waals surface area contributed by atoms with Gasteiger partial charge in [0.1, 0.15) is 5.82 Å². The number of anilines is 2. The van der Waals surface area contributed by atoms with E-state index in [1.54, 1.807) is 60.8 Å². The maximum absolute atomic E-state index is 12.7. The summed E-state index contributed by atoms with van der Waals surface area (Å²) < 4.78 is 0. The summed E-state index contributed by atoms with van der Waals surface area (Å²) >= 11 is 12.3. The van der Waals surface area contributed by atoms with Crippen LogP contribution in [0.15, 0.2) is 85.2 Å². The third-order valence-electron chi connectivity index (χ3n) is 5.27. The lowest BCUT2D eigenvalue weighted by molar-refractivity contribution is 0.101. The molecule has 7 nitrogen and oxygen atoms in total. The van der Waals surface area contributed by atoms with Crippen LogP contribution in [-0.4, -0.2) is 26.8 Å². The molecule has 2 aromatic heterocycles. The van der Waals surface area contributed by atoms with Crippen LogP contribution in [0.3, 0.4) is 0 Å². The van der Waals surface area contributed by atoms with E-state index in [0.717, 1.165) is 16.6 Å². The molecule has 0 aliphatic heterocycles. The number of hydrogen-bond donors (Lipinski definition) is 3. The molecule has 0 radical (unpaired) electrons. The average molecular weight is 502 g/mol. The fraction of sp³-hybridized carbons (Fsp3) is 0. The quantitative estimate of drug-likeness (QED) is 0.258. The molecule has 5 aromatic rings. The van der Waals surface area contributed by atoms with Crippen LogP contribution in [0, 0.1) is 0 Å². The second-order valence-electron chi connectivity index (χ2n) is 7.64. The highest BCUT2D eigenvalue weighted by Crippen LogP contribution is 2.27. The van der Waals surface area contributed by atoms with Gasteiger partial charge in [-0.05, 0) is 66.7 Å². The zero-order chi connectivity index (χ0) is 24.4. The van der Waals surface area contributed by atoms with Crippen molar-refractivity contribution in [2.45, 2.75) is 0 Å². The number of nitrogens with zero attached hydrogens (tertiary/aromatic N) is 2. The number of aromatic amines is 1. The van der Waals surface area contributed by atoms with E-state index in [0.29, 0.717) is 22.8 Å². The van der Waals surface area contributed by atoms with Crippen molar-refractivity contribution >= 4 is 57.4 Å². The molecule has 0 saturated carbocycles. The Morgan fingerprint density at radius 2 is 1.51 bits per heavy atom. The van der Waals surface area contributed by atoms with E-state index in [9.17, 15) is 9.59 Å². The number of aromatic nitrogens is 3. The number of amides is 2. The highest BCUT2D eigenvalue weighted by atomic mass is 35.5. The van der Waals surface area contributed by atoms with Crippen molar-refractivity contribution in [1.29, 1.82) is 0 Å². The Kier molecular flexibility index (Phi) is 6.18. The van der Waals surface area contributed by atoms with Crippen LogP contribution in [0.2, 0.25) is 10.0 Å². The lowest BCUT2D eigenvalue weighted by Gasteiger charge is -2.08. The van der Waals surface area contributed by atoms with Crippen molar-refractivity contribution in [1.82, 2.24) is 15.0 Å². The number of halogens is 2. The smallest absolute Gasteiger partial charge is 0.258 e. The molecule has 35 heavy (non-hydrogen) atoms. The molecule has 5 rings (SSSR count). The summed E-state index contributed by atoms with van der Waals surface area (Å²) in [5.74, 6) is 0.0219. The van der Waals surface area contributed by atoms with E-state index in [1.807, 2.05) is 18.2 Å². The molecule has 3 N–H and O–H groups in total. The monoisotopic (exact) mass is 501 g/mol. The zero-order valence-electron chi connectivity index (χ0n) is 18.0. The second kappa shape index (κ2) is 9.58. The number of hydrogen-bond acceptors (Lipinski definition) is 4. The van der Waals surface area contributed by atoms with Crippen molar-refractivity contribution in [3.05, 3.63) is 106 Å². The predicted octanol–water partition coefficient (Wildman–Crippen LogP) is 6.44. The van der Waals surface area contributed by atoms with E-state index in [-0.39, 0.29) is 21.5 Å². The van der Waals surface area contributed by atoms with Gasteiger partial charge in [0.25, 0.3) is 11.8 Å². The normalized spacial score (nSPS) is 10.8. The SMILES string of the molecule is O=C(Nc1ccc(-c2nc3ccc(NC(=O)c4c(Cl)cccc4Cl)cc3[nH]2)cc1)c1cccnc1. The van der Waals surface area contributed by atoms with Crippen LogP contribution in [-0.2, 0) is 0 Å². The number of rotatable bonds is 5. The largest absolute Gasteiger partial charge is 0.338 e. The van der Waals surface area contributed by atoms with Crippen molar-refractivity contribution in [2.24, 2.45) is 0 Å². The van der Waals surface area contributed by atoms with Crippen LogP contribution < -0.4 is 10.6 Å². The standard InChI is InChI=1S/C26H17Cl2N5O2/c27-19-4-1-5-20(28)23(19)26(35)31-18-10-11-21-22(13-18)33-24(32-21)15-6-8-17(9-7-15)30-25(34)16-3-2-12-29-14-16/h1-14H,(H,30,34)(H,31,35)(H,32,33). The first-order valence-electron chi connectivity index (χ1n) is 10.5. The molecule has 2 amide bonds. The highest BCUT2D eigenvalue weighted by molar-refractivity contribution is 6.40. The van der Waals surface area contributed by atoms with Crippen LogP contribution in [0.1, 0.15) is 20.7 Å². The van der Waals surface area contributed by atoms with Gasteiger partial charge in [-0.15, -0.1) is 0 Å². The molecule has 0 atom stereocenters. The van der Waals surface area contributed by atoms with Gasteiger partial charge in [0.05, 0.1) is 32.2 Å². The Morgan fingerprint density at radius 3 is 2.23 bits per heavy atom. The van der Waals surface area contributed by atoms with Crippen LogP contribution in [0.4, 0.5) is 11.4 Å². The molecule has 0 aliphatic carbocycles. The predicted molar refractivity (Wildman–Crippen MR) is 138 cm³/mol. The Labute approximate surface area is 210 Å². The molecular weight excluding hydrogens is 485 g/mol. The summed E-state index contributed by atoms with van der Waals surface area (Å²) in [6, 6.07) is 21.0. The molecule has 3 aromatic carbocycles. The fourth-order valence-corrected chi connectivity index (χ4v) is 4.11. The van der Waals surface area contributed by atoms with Crippen LogP contribution in [0.25, 0.3) is 22.4 Å². The van der Waals surface area contributed by atoms with Gasteiger partial charge in [-0.25, -0.2) is 4.98 Å². The molecule has 2 heterocycles. The minimum atomic E-state index is -0.399. The number of fused-ring (bicyclic) bond motifs is 1. The third kappa shape index (κ3) is 4.87. The van der Waals surface area contributed by atoms with Gasteiger partial charge in [0.15, 0.2) is 0 Å². The average Bonchev–Trinajstić information content (AvgIpc) is 3.28. The Bertz CT molecular complexity index is 1530. The first kappa shape index (κ1) is 22.6. The fourth-order valence-electron chi connectivity index (χ4n) is 3.54. The van der Waals surface area contributed by atoms with Crippen LogP contribution in [0.5, 0.6) is 0 Å². The maximum atomic E-state index is 12.7. The highest BCUT2D eigenvalue weighted by Gasteiger charge is 2.15. The van der Waals surface area contributed by atoms with Crippen LogP contribution >= 0.6 is 23.2 Å². The summed E-state index contributed by atoms with van der Waals surface area (Å²) in [5, 5.41) is 6.22. The number of H-pyrrole nitrogens is 1. The molecule has 0 saturated heterocycles. The third-order valence-corrected chi connectivity index (χ3v) is 5.90. The summed E-state index contributed by atoms with van der Waals surface area (Å²) in [5.41, 5.74) is 4.25. The minimum absolute atomic E-state index is 0.219. The van der Waals surface area contributed by atoms with E-state index in [4.69, 9.17) is 23.2 Å². The van der Waals surface area contributed by atoms with Gasteiger partial charge in [-0.1, -0.05) is 29.3 Å². The van der Waals surface area contributed by atoms with Gasteiger partial charge in [0.2, 0.25) is 0 Å². The van der Waals surface area contributed by atoms with Gasteiger partial charge >= 0.3 is 0 Å². The van der Waals surface area contributed by atoms with E-state index in [2.05, 4.69) is 25.6 Å². The Balaban J connectivity index is 1.33. The molecule has 0 spiro atoms. The number of imidazole rings is 1. The number of pyridine rings is 1. The van der Waals surface area contributed by atoms with E-state index >= 15 is 0 Å². The molecule has 0 aliphatic rings. The Hall–Kier alpha value is -4.20. The number of benzene rings is 3. The topological polar surface area (TPSA) is 99.8 Å². The number of carbonyl (C=O) groups is 2. The lowest BCUT2D eigenvalue weighted by Crippen LogP contribution is -2.13. The molecule has 0 bridgehead atoms. The van der Waals surface area contributed by atoms with Gasteiger partial charge in [0, 0.05) is 29.3 Å². The first-order valence-corrected chi connectivity index (χ1v) is 11.3. The molecular formula is C26H17Cl2N5O2. The van der Waals surface area contributed by atoms with Gasteiger partial charge < -0.3 is 15.6 Å².